The molecule has 2 aromatic rings. The molecule has 0 unspecified atom stereocenters. The van der Waals surface area contributed by atoms with Crippen LogP contribution in [0.3, 0.4) is 0 Å². The molecule has 0 spiro atoms. The number of nitrogens with one attached hydrogen (secondary N) is 3. The number of aliphatic carboxylic acids is 1. The van der Waals surface area contributed by atoms with Crippen LogP contribution >= 0.6 is 0 Å². The number of benzene rings is 1. The highest BCUT2D eigenvalue weighted by Gasteiger charge is 2.36. The third-order valence-electron chi connectivity index (χ3n) is 10.4. The first-order chi connectivity index (χ1) is 23.5. The Morgan fingerprint density at radius 1 is 1.02 bits per heavy atom. The number of aliphatic hydroxyl groups is 1. The van der Waals surface area contributed by atoms with Gasteiger partial charge in [-0.15, -0.1) is 6.58 Å². The Bertz CT molecular complexity index is 1350. The number of aromatic amines is 1. The maximum atomic E-state index is 14.0. The van der Waals surface area contributed by atoms with Crippen molar-refractivity contribution in [2.45, 2.75) is 103 Å². The van der Waals surface area contributed by atoms with E-state index in [4.69, 9.17) is 0 Å². The number of carbonyl (C=O) groups is 4. The number of amides is 3. The van der Waals surface area contributed by atoms with Crippen molar-refractivity contribution in [3.05, 3.63) is 66.8 Å². The van der Waals surface area contributed by atoms with Gasteiger partial charge in [-0.3, -0.25) is 19.2 Å². The minimum Gasteiger partial charge on any atom is -0.481 e. The van der Waals surface area contributed by atoms with Gasteiger partial charge >= 0.3 is 5.97 Å². The van der Waals surface area contributed by atoms with E-state index in [0.29, 0.717) is 43.2 Å². The van der Waals surface area contributed by atoms with Gasteiger partial charge in [0.25, 0.3) is 0 Å². The Hall–Kier alpha value is -3.99. The largest absolute Gasteiger partial charge is 0.481 e. The molecule has 5 N–H and O–H groups in total. The quantitative estimate of drug-likeness (QED) is 0.123. The Labute approximate surface area is 290 Å². The van der Waals surface area contributed by atoms with Gasteiger partial charge in [-0.25, -0.2) is 4.98 Å². The minimum absolute atomic E-state index is 0.0988. The number of piperidine rings is 1. The fraction of sp³-hybridized carbons (Fsp3) is 0.605. The number of carboxylic acid groups (broad SMARTS) is 1. The van der Waals surface area contributed by atoms with Crippen LogP contribution in [0.25, 0.3) is 0 Å². The van der Waals surface area contributed by atoms with Crippen LogP contribution in [-0.2, 0) is 32.0 Å². The van der Waals surface area contributed by atoms with Gasteiger partial charge in [0, 0.05) is 31.6 Å². The van der Waals surface area contributed by atoms with Gasteiger partial charge in [0.1, 0.15) is 12.0 Å². The van der Waals surface area contributed by atoms with E-state index in [1.807, 2.05) is 24.3 Å². The van der Waals surface area contributed by atoms with Crippen LogP contribution in [0.2, 0.25) is 0 Å². The molecule has 1 aliphatic carbocycles. The van der Waals surface area contributed by atoms with Gasteiger partial charge in [0.05, 0.1) is 24.2 Å². The van der Waals surface area contributed by atoms with Crippen molar-refractivity contribution in [3.63, 3.8) is 0 Å². The number of carboxylic acids is 1. The first-order valence-electron chi connectivity index (χ1n) is 18.0. The zero-order chi connectivity index (χ0) is 35.3. The van der Waals surface area contributed by atoms with Gasteiger partial charge in [-0.2, -0.15) is 0 Å². The molecule has 5 atom stereocenters. The predicted molar refractivity (Wildman–Crippen MR) is 187 cm³/mol. The third-order valence-corrected chi connectivity index (χ3v) is 10.4. The second kappa shape index (κ2) is 18.7. The van der Waals surface area contributed by atoms with Crippen molar-refractivity contribution in [1.82, 2.24) is 25.5 Å². The summed E-state index contributed by atoms with van der Waals surface area (Å²) < 4.78 is 0. The van der Waals surface area contributed by atoms with Crippen LogP contribution in [0.4, 0.5) is 0 Å². The van der Waals surface area contributed by atoms with Crippen molar-refractivity contribution >= 4 is 23.7 Å². The van der Waals surface area contributed by atoms with Crippen LogP contribution in [-0.4, -0.2) is 80.0 Å². The number of H-pyrrole nitrogens is 1. The molecule has 1 aliphatic heterocycles. The third kappa shape index (κ3) is 11.3. The van der Waals surface area contributed by atoms with Crippen molar-refractivity contribution in [2.75, 3.05) is 13.1 Å². The van der Waals surface area contributed by atoms with Crippen LogP contribution in [0.5, 0.6) is 0 Å². The van der Waals surface area contributed by atoms with Gasteiger partial charge in [0.2, 0.25) is 17.7 Å². The number of aliphatic hydroxyl groups excluding tert-OH is 1. The topological polar surface area (TPSA) is 165 Å². The highest BCUT2D eigenvalue weighted by Crippen LogP contribution is 2.30. The Morgan fingerprint density at radius 3 is 2.31 bits per heavy atom. The molecule has 3 amide bonds. The fourth-order valence-corrected chi connectivity index (χ4v) is 7.28. The van der Waals surface area contributed by atoms with E-state index in [0.717, 1.165) is 31.2 Å². The second-order valence-corrected chi connectivity index (χ2v) is 14.3. The van der Waals surface area contributed by atoms with E-state index in [-0.39, 0.29) is 43.7 Å². The first-order valence-corrected chi connectivity index (χ1v) is 18.0. The number of allylic oxidation sites excluding steroid dienone is 1. The summed E-state index contributed by atoms with van der Waals surface area (Å²) in [5, 5.41) is 27.4. The smallest absolute Gasteiger partial charge is 0.316 e. The van der Waals surface area contributed by atoms with E-state index in [9.17, 15) is 29.4 Å². The van der Waals surface area contributed by atoms with E-state index in [1.54, 1.807) is 18.3 Å². The van der Waals surface area contributed by atoms with Gasteiger partial charge < -0.3 is 30.7 Å². The standard InChI is InChI=1S/C38H55N5O6/c1-4-28(25(2)3)21-34(44)32(20-27-13-9-6-10-14-27)41-36(46)33(22-30-23-39-24-40-30)42-35(45)29-15-17-43(18-16-29)37(47)31(38(48)49)19-26-11-7-5-8-12-26/h4-5,7-8,11-12,23-25,27-29,31-34,44H,1,6,9-10,13-22H2,2-3H3,(H,39,40)(H,41,46)(H,42,45)(H,48,49)/t28-,31-,32-,33-,34+/m0/s1. The lowest BCUT2D eigenvalue weighted by molar-refractivity contribution is -0.152. The summed E-state index contributed by atoms with van der Waals surface area (Å²) in [7, 11) is 0. The van der Waals surface area contributed by atoms with Gasteiger partial charge in [-0.1, -0.05) is 82.4 Å². The molecule has 11 nitrogen and oxygen atoms in total. The number of aromatic nitrogens is 2. The van der Waals surface area contributed by atoms with Crippen molar-refractivity contribution in [2.24, 2.45) is 29.6 Å². The molecular formula is C38H55N5O6. The average molecular weight is 678 g/mol. The van der Waals surface area contributed by atoms with E-state index >= 15 is 0 Å². The molecule has 2 fully saturated rings. The summed E-state index contributed by atoms with van der Waals surface area (Å²) in [5.74, 6) is -3.12. The SMILES string of the molecule is C=C[C@@H](C[C@@H](O)[C@H](CC1CCCCC1)NC(=O)[C@H](Cc1c[nH]cn1)NC(=O)C1CCN(C(=O)[C@H](Cc2ccccc2)C(=O)O)CC1)C(C)C. The molecular weight excluding hydrogens is 622 g/mol. The molecule has 268 valence electrons. The van der Waals surface area contributed by atoms with Crippen LogP contribution in [0.1, 0.15) is 82.9 Å². The summed E-state index contributed by atoms with van der Waals surface area (Å²) in [4.78, 5) is 61.6. The Morgan fingerprint density at radius 2 is 1.71 bits per heavy atom. The number of rotatable bonds is 17. The van der Waals surface area contributed by atoms with Crippen LogP contribution in [0, 0.1) is 29.6 Å². The molecule has 0 radical (unpaired) electrons. The molecule has 1 aromatic carbocycles. The highest BCUT2D eigenvalue weighted by atomic mass is 16.4. The number of carbonyl (C=O) groups excluding carboxylic acids is 3. The Balaban J connectivity index is 1.41. The lowest BCUT2D eigenvalue weighted by atomic mass is 9.81. The summed E-state index contributed by atoms with van der Waals surface area (Å²) in [5.41, 5.74) is 1.39. The number of hydrogen-bond acceptors (Lipinski definition) is 6. The molecule has 2 aliphatic rings. The summed E-state index contributed by atoms with van der Waals surface area (Å²) >= 11 is 0. The Kier molecular flexibility index (Phi) is 14.4. The van der Waals surface area contributed by atoms with Crippen molar-refractivity contribution in [1.29, 1.82) is 0 Å². The average Bonchev–Trinajstić information content (AvgIpc) is 3.62. The highest BCUT2D eigenvalue weighted by molar-refractivity contribution is 5.97. The molecule has 1 saturated heterocycles. The normalized spacial score (nSPS) is 19.0. The van der Waals surface area contributed by atoms with Crippen molar-refractivity contribution < 1.29 is 29.4 Å². The monoisotopic (exact) mass is 677 g/mol. The molecule has 4 rings (SSSR count). The molecule has 49 heavy (non-hydrogen) atoms. The molecule has 1 saturated carbocycles. The zero-order valence-corrected chi connectivity index (χ0v) is 29.1. The fourth-order valence-electron chi connectivity index (χ4n) is 7.28. The number of imidazole rings is 1. The number of hydrogen-bond donors (Lipinski definition) is 5. The molecule has 1 aromatic heterocycles. The summed E-state index contributed by atoms with van der Waals surface area (Å²) in [6, 6.07) is 7.68. The van der Waals surface area contributed by atoms with Crippen LogP contribution in [0.15, 0.2) is 55.5 Å². The second-order valence-electron chi connectivity index (χ2n) is 14.3. The van der Waals surface area contributed by atoms with E-state index < -0.39 is 41.9 Å². The number of nitrogens with zero attached hydrogens (tertiary/aromatic N) is 2. The maximum absolute atomic E-state index is 14.0. The van der Waals surface area contributed by atoms with Crippen LogP contribution < -0.4 is 10.6 Å². The molecule has 0 bridgehead atoms. The van der Waals surface area contributed by atoms with E-state index in [1.165, 1.54) is 17.6 Å². The maximum Gasteiger partial charge on any atom is 0.316 e. The lowest BCUT2D eigenvalue weighted by Gasteiger charge is -2.34. The predicted octanol–water partition coefficient (Wildman–Crippen LogP) is 4.28. The number of likely N-dealkylation sites (tertiary alicyclic amines) is 1. The zero-order valence-electron chi connectivity index (χ0n) is 29.1. The van der Waals surface area contributed by atoms with Crippen molar-refractivity contribution in [3.8, 4) is 0 Å². The van der Waals surface area contributed by atoms with Gasteiger partial charge in [-0.05, 0) is 55.4 Å². The first kappa shape index (κ1) is 37.8. The molecule has 11 heteroatoms. The molecule has 2 heterocycles. The summed E-state index contributed by atoms with van der Waals surface area (Å²) in [6.07, 6.45) is 12.1. The van der Waals surface area contributed by atoms with Gasteiger partial charge in [0.15, 0.2) is 0 Å². The van der Waals surface area contributed by atoms with E-state index in [2.05, 4.69) is 41.0 Å². The lowest BCUT2D eigenvalue weighted by Crippen LogP contribution is -2.55. The summed E-state index contributed by atoms with van der Waals surface area (Å²) in [6.45, 7) is 8.66. The minimum atomic E-state index is -1.20.